The molecule has 0 aliphatic heterocycles. The van der Waals surface area contributed by atoms with Gasteiger partial charge in [0, 0.05) is 12.2 Å². The summed E-state index contributed by atoms with van der Waals surface area (Å²) >= 11 is 12.2. The Kier molecular flexibility index (Phi) is 5.82. The van der Waals surface area contributed by atoms with Crippen LogP contribution in [-0.4, -0.2) is 25.4 Å². The molecule has 3 rings (SSSR count). The van der Waals surface area contributed by atoms with E-state index in [-0.39, 0.29) is 26.5 Å². The fourth-order valence-corrected chi connectivity index (χ4v) is 5.03. The van der Waals surface area contributed by atoms with Gasteiger partial charge in [-0.2, -0.15) is 0 Å². The maximum absolute atomic E-state index is 12.7. The third kappa shape index (κ3) is 4.35. The first-order valence-electron chi connectivity index (χ1n) is 8.09. The predicted octanol–water partition coefficient (Wildman–Crippen LogP) is 3.86. The van der Waals surface area contributed by atoms with Crippen molar-refractivity contribution in [2.24, 2.45) is 0 Å². The van der Waals surface area contributed by atoms with Gasteiger partial charge in [0.15, 0.2) is 0 Å². The molecule has 26 heavy (non-hydrogen) atoms. The van der Waals surface area contributed by atoms with Crippen LogP contribution in [0.2, 0.25) is 10.0 Å². The fourth-order valence-electron chi connectivity index (χ4n) is 2.87. The highest BCUT2D eigenvalue weighted by Gasteiger charge is 2.27. The van der Waals surface area contributed by atoms with Crippen LogP contribution in [0.4, 0.5) is 5.69 Å². The van der Waals surface area contributed by atoms with Gasteiger partial charge >= 0.3 is 0 Å². The Morgan fingerprint density at radius 2 is 1.88 bits per heavy atom. The summed E-state index contributed by atoms with van der Waals surface area (Å²) < 4.78 is 28.0. The quantitative estimate of drug-likeness (QED) is 0.778. The van der Waals surface area contributed by atoms with E-state index in [9.17, 15) is 13.2 Å². The van der Waals surface area contributed by atoms with E-state index in [2.05, 4.69) is 15.0 Å². The largest absolute Gasteiger partial charge is 0.321 e. The molecule has 1 saturated carbocycles. The lowest BCUT2D eigenvalue weighted by atomic mass is 10.2. The van der Waals surface area contributed by atoms with Crippen molar-refractivity contribution in [3.63, 3.8) is 0 Å². The average Bonchev–Trinajstić information content (AvgIpc) is 3.07. The number of hydrogen-bond acceptors (Lipinski definition) is 4. The van der Waals surface area contributed by atoms with E-state index < -0.39 is 15.9 Å². The van der Waals surface area contributed by atoms with E-state index >= 15 is 0 Å². The monoisotopic (exact) mass is 413 g/mol. The second kappa shape index (κ2) is 7.92. The Labute approximate surface area is 162 Å². The molecule has 1 aromatic carbocycles. The molecule has 6 nitrogen and oxygen atoms in total. The summed E-state index contributed by atoms with van der Waals surface area (Å²) in [5.74, 6) is -0.544. The molecule has 0 bridgehead atoms. The van der Waals surface area contributed by atoms with Crippen LogP contribution in [0, 0.1) is 0 Å². The second-order valence-corrected chi connectivity index (χ2v) is 8.56. The first kappa shape index (κ1) is 19.1. The van der Waals surface area contributed by atoms with Crippen LogP contribution >= 0.6 is 23.2 Å². The molecule has 0 spiro atoms. The molecule has 1 amide bonds. The molecule has 1 fully saturated rings. The van der Waals surface area contributed by atoms with Gasteiger partial charge in [-0.3, -0.25) is 9.78 Å². The molecule has 1 aromatic heterocycles. The smallest absolute Gasteiger partial charge is 0.257 e. The van der Waals surface area contributed by atoms with Crippen molar-refractivity contribution >= 4 is 44.8 Å². The molecule has 2 aromatic rings. The Morgan fingerprint density at radius 1 is 1.15 bits per heavy atom. The van der Waals surface area contributed by atoms with Gasteiger partial charge in [-0.15, -0.1) is 0 Å². The summed E-state index contributed by atoms with van der Waals surface area (Å²) in [4.78, 5) is 16.2. The molecule has 9 heteroatoms. The maximum atomic E-state index is 12.7. The Hall–Kier alpha value is -1.67. The predicted molar refractivity (Wildman–Crippen MR) is 101 cm³/mol. The normalized spacial score (nSPS) is 15.2. The lowest BCUT2D eigenvalue weighted by Gasteiger charge is -2.15. The number of nitrogens with zero attached hydrogens (tertiary/aromatic N) is 1. The topological polar surface area (TPSA) is 88.2 Å². The van der Waals surface area contributed by atoms with Crippen molar-refractivity contribution in [3.8, 4) is 0 Å². The van der Waals surface area contributed by atoms with Gasteiger partial charge in [-0.1, -0.05) is 36.0 Å². The third-order valence-corrected chi connectivity index (χ3v) is 6.45. The van der Waals surface area contributed by atoms with Gasteiger partial charge in [0.05, 0.1) is 27.5 Å². The summed E-state index contributed by atoms with van der Waals surface area (Å²) in [7, 11) is -3.85. The molecular formula is C17H17Cl2N3O3S. The Morgan fingerprint density at radius 3 is 2.54 bits per heavy atom. The number of aromatic nitrogens is 1. The zero-order valence-corrected chi connectivity index (χ0v) is 16.0. The fraction of sp³-hybridized carbons (Fsp3) is 0.294. The molecule has 0 saturated heterocycles. The average molecular weight is 414 g/mol. The van der Waals surface area contributed by atoms with Crippen molar-refractivity contribution in [1.82, 2.24) is 9.71 Å². The molecule has 1 aliphatic rings. The summed E-state index contributed by atoms with van der Waals surface area (Å²) in [6.07, 6.45) is 6.60. The van der Waals surface area contributed by atoms with Crippen LogP contribution in [0.15, 0.2) is 41.6 Å². The van der Waals surface area contributed by atoms with Gasteiger partial charge in [0.25, 0.3) is 5.91 Å². The van der Waals surface area contributed by atoms with E-state index in [0.717, 1.165) is 25.7 Å². The molecule has 1 aliphatic carbocycles. The van der Waals surface area contributed by atoms with E-state index in [1.165, 1.54) is 18.3 Å². The third-order valence-electron chi connectivity index (χ3n) is 4.15. The van der Waals surface area contributed by atoms with E-state index in [1.54, 1.807) is 18.3 Å². The standard InChI is InChI=1S/C17H17Cl2N3O3S/c18-14-9-15(19)16(26(24,25)22-11-4-1-2-5-11)8-13(14)17(23)21-12-6-3-7-20-10-12/h3,6-11,22H,1-2,4-5H2,(H,21,23). The first-order valence-corrected chi connectivity index (χ1v) is 10.3. The number of hydrogen-bond donors (Lipinski definition) is 2. The highest BCUT2D eigenvalue weighted by Crippen LogP contribution is 2.30. The highest BCUT2D eigenvalue weighted by molar-refractivity contribution is 7.89. The van der Waals surface area contributed by atoms with Gasteiger partial charge in [-0.05, 0) is 37.1 Å². The SMILES string of the molecule is O=C(Nc1cccnc1)c1cc(S(=O)(=O)NC2CCCC2)c(Cl)cc1Cl. The molecule has 2 N–H and O–H groups in total. The number of nitrogens with one attached hydrogen (secondary N) is 2. The van der Waals surface area contributed by atoms with Crippen LogP contribution < -0.4 is 10.0 Å². The molecule has 138 valence electrons. The van der Waals surface area contributed by atoms with Crippen LogP contribution in [0.25, 0.3) is 0 Å². The highest BCUT2D eigenvalue weighted by atomic mass is 35.5. The van der Waals surface area contributed by atoms with Crippen LogP contribution in [0.3, 0.4) is 0 Å². The molecule has 0 atom stereocenters. The van der Waals surface area contributed by atoms with Gasteiger partial charge < -0.3 is 5.32 Å². The number of rotatable bonds is 5. The Balaban J connectivity index is 1.90. The zero-order valence-electron chi connectivity index (χ0n) is 13.7. The van der Waals surface area contributed by atoms with Crippen LogP contribution in [0.1, 0.15) is 36.0 Å². The van der Waals surface area contributed by atoms with Gasteiger partial charge in [0.2, 0.25) is 10.0 Å². The van der Waals surface area contributed by atoms with Crippen molar-refractivity contribution in [2.45, 2.75) is 36.6 Å². The number of benzene rings is 1. The van der Waals surface area contributed by atoms with Crippen LogP contribution in [0.5, 0.6) is 0 Å². The molecule has 1 heterocycles. The lowest BCUT2D eigenvalue weighted by Crippen LogP contribution is -2.33. The summed E-state index contributed by atoms with van der Waals surface area (Å²) in [6.45, 7) is 0. The minimum atomic E-state index is -3.85. The number of carbonyl (C=O) groups excluding carboxylic acids is 1. The van der Waals surface area contributed by atoms with E-state index in [0.29, 0.717) is 5.69 Å². The number of sulfonamides is 1. The summed E-state index contributed by atoms with van der Waals surface area (Å²) in [6, 6.07) is 5.69. The number of anilines is 1. The van der Waals surface area contributed by atoms with Gasteiger partial charge in [-0.25, -0.2) is 13.1 Å². The number of amides is 1. The van der Waals surface area contributed by atoms with Crippen molar-refractivity contribution in [1.29, 1.82) is 0 Å². The second-order valence-electron chi connectivity index (χ2n) is 6.06. The molecular weight excluding hydrogens is 397 g/mol. The minimum absolute atomic E-state index is 0.0201. The minimum Gasteiger partial charge on any atom is -0.321 e. The summed E-state index contributed by atoms with van der Waals surface area (Å²) in [5, 5.41) is 2.66. The number of carbonyl (C=O) groups is 1. The van der Waals surface area contributed by atoms with Crippen LogP contribution in [-0.2, 0) is 10.0 Å². The van der Waals surface area contributed by atoms with E-state index in [1.807, 2.05) is 0 Å². The van der Waals surface area contributed by atoms with Gasteiger partial charge in [0.1, 0.15) is 4.90 Å². The summed E-state index contributed by atoms with van der Waals surface area (Å²) in [5.41, 5.74) is 0.490. The number of halogens is 2. The lowest BCUT2D eigenvalue weighted by molar-refractivity contribution is 0.102. The zero-order chi connectivity index (χ0) is 18.7. The van der Waals surface area contributed by atoms with Crippen molar-refractivity contribution < 1.29 is 13.2 Å². The maximum Gasteiger partial charge on any atom is 0.257 e. The molecule has 0 radical (unpaired) electrons. The first-order chi connectivity index (χ1) is 12.4. The molecule has 0 unspecified atom stereocenters. The van der Waals surface area contributed by atoms with E-state index in [4.69, 9.17) is 23.2 Å². The van der Waals surface area contributed by atoms with Crippen molar-refractivity contribution in [3.05, 3.63) is 52.3 Å². The Bertz CT molecular complexity index is 914. The van der Waals surface area contributed by atoms with Crippen molar-refractivity contribution in [2.75, 3.05) is 5.32 Å². The number of pyridine rings is 1.